The van der Waals surface area contributed by atoms with E-state index < -0.39 is 0 Å². The summed E-state index contributed by atoms with van der Waals surface area (Å²) in [6.07, 6.45) is 5.25. The minimum atomic E-state index is -0.143. The molecule has 0 spiro atoms. The highest BCUT2D eigenvalue weighted by atomic mass is 16.5. The molecule has 2 heterocycles. The molecule has 1 aliphatic rings. The molecule has 0 saturated carbocycles. The van der Waals surface area contributed by atoms with Crippen LogP contribution < -0.4 is 10.6 Å². The largest absolute Gasteiger partial charge is 0.373 e. The van der Waals surface area contributed by atoms with E-state index in [1.807, 2.05) is 31.2 Å². The van der Waals surface area contributed by atoms with E-state index in [0.717, 1.165) is 29.5 Å². The van der Waals surface area contributed by atoms with E-state index in [4.69, 9.17) is 4.74 Å². The third kappa shape index (κ3) is 4.55. The second-order valence-electron chi connectivity index (χ2n) is 6.19. The van der Waals surface area contributed by atoms with E-state index in [2.05, 4.69) is 27.8 Å². The SMILES string of the molecule is Cc1cncc(CNC(=O)N[C@@H]2CCO[C@H](c3ccccc3)C2)c1. The van der Waals surface area contributed by atoms with Crippen molar-refractivity contribution in [1.82, 2.24) is 15.6 Å². The van der Waals surface area contributed by atoms with E-state index in [0.29, 0.717) is 13.2 Å². The Morgan fingerprint density at radius 1 is 1.29 bits per heavy atom. The van der Waals surface area contributed by atoms with Gasteiger partial charge in [0.25, 0.3) is 0 Å². The van der Waals surface area contributed by atoms with Crippen molar-refractivity contribution in [2.45, 2.75) is 38.5 Å². The number of nitrogens with one attached hydrogen (secondary N) is 2. The van der Waals surface area contributed by atoms with Crippen molar-refractivity contribution in [3.05, 3.63) is 65.5 Å². The molecule has 1 saturated heterocycles. The van der Waals surface area contributed by atoms with Crippen LogP contribution in [0.3, 0.4) is 0 Å². The molecule has 2 atom stereocenters. The van der Waals surface area contributed by atoms with E-state index >= 15 is 0 Å². The lowest BCUT2D eigenvalue weighted by molar-refractivity contribution is 0.00225. The molecular weight excluding hydrogens is 302 g/mol. The molecule has 0 bridgehead atoms. The lowest BCUT2D eigenvalue weighted by atomic mass is 9.97. The number of amides is 2. The number of aromatic nitrogens is 1. The fourth-order valence-corrected chi connectivity index (χ4v) is 2.96. The Kier molecular flexibility index (Phi) is 5.43. The molecule has 1 aromatic heterocycles. The van der Waals surface area contributed by atoms with Crippen LogP contribution in [-0.4, -0.2) is 23.7 Å². The first-order chi connectivity index (χ1) is 11.7. The average molecular weight is 325 g/mol. The zero-order chi connectivity index (χ0) is 16.8. The maximum atomic E-state index is 12.1. The predicted molar refractivity (Wildman–Crippen MR) is 92.5 cm³/mol. The molecule has 24 heavy (non-hydrogen) atoms. The summed E-state index contributed by atoms with van der Waals surface area (Å²) < 4.78 is 5.84. The van der Waals surface area contributed by atoms with Crippen molar-refractivity contribution >= 4 is 6.03 Å². The van der Waals surface area contributed by atoms with E-state index in [-0.39, 0.29) is 18.2 Å². The molecule has 2 aromatic rings. The number of carbonyl (C=O) groups is 1. The van der Waals surface area contributed by atoms with Gasteiger partial charge in [-0.05, 0) is 36.5 Å². The number of rotatable bonds is 4. The standard InChI is InChI=1S/C19H23N3O2/c1-14-9-15(12-20-11-14)13-21-19(23)22-17-7-8-24-18(10-17)16-5-3-2-4-6-16/h2-6,9,11-12,17-18H,7-8,10,13H2,1H3,(H2,21,22,23)/t17-,18+/m1/s1. The minimum Gasteiger partial charge on any atom is -0.373 e. The van der Waals surface area contributed by atoms with Crippen LogP contribution >= 0.6 is 0 Å². The fraction of sp³-hybridized carbons (Fsp3) is 0.368. The van der Waals surface area contributed by atoms with Crippen molar-refractivity contribution in [1.29, 1.82) is 0 Å². The minimum absolute atomic E-state index is 0.0474. The van der Waals surface area contributed by atoms with Crippen LogP contribution in [0.4, 0.5) is 4.79 Å². The summed E-state index contributed by atoms with van der Waals surface area (Å²) in [5, 5.41) is 5.95. The van der Waals surface area contributed by atoms with Crippen LogP contribution in [0.1, 0.15) is 35.6 Å². The van der Waals surface area contributed by atoms with Gasteiger partial charge in [-0.25, -0.2) is 4.79 Å². The number of ether oxygens (including phenoxy) is 1. The van der Waals surface area contributed by atoms with Crippen molar-refractivity contribution < 1.29 is 9.53 Å². The van der Waals surface area contributed by atoms with Gasteiger partial charge in [-0.3, -0.25) is 4.98 Å². The van der Waals surface area contributed by atoms with Crippen molar-refractivity contribution in [2.75, 3.05) is 6.61 Å². The molecule has 126 valence electrons. The fourth-order valence-electron chi connectivity index (χ4n) is 2.96. The number of hydrogen-bond donors (Lipinski definition) is 2. The Labute approximate surface area is 142 Å². The monoisotopic (exact) mass is 325 g/mol. The van der Waals surface area contributed by atoms with Gasteiger partial charge in [0.1, 0.15) is 0 Å². The molecular formula is C19H23N3O2. The number of urea groups is 1. The summed E-state index contributed by atoms with van der Waals surface area (Å²) in [7, 11) is 0. The van der Waals surface area contributed by atoms with Gasteiger partial charge >= 0.3 is 6.03 Å². The summed E-state index contributed by atoms with van der Waals surface area (Å²) in [4.78, 5) is 16.3. The molecule has 5 heteroatoms. The first kappa shape index (κ1) is 16.5. The lowest BCUT2D eigenvalue weighted by Crippen LogP contribution is -2.44. The van der Waals surface area contributed by atoms with Crippen molar-refractivity contribution in [3.63, 3.8) is 0 Å². The molecule has 0 unspecified atom stereocenters. The number of hydrogen-bond acceptors (Lipinski definition) is 3. The highest BCUT2D eigenvalue weighted by Gasteiger charge is 2.24. The van der Waals surface area contributed by atoms with Crippen LogP contribution in [0.2, 0.25) is 0 Å². The molecule has 2 amide bonds. The third-order valence-corrected chi connectivity index (χ3v) is 4.18. The highest BCUT2D eigenvalue weighted by Crippen LogP contribution is 2.27. The van der Waals surface area contributed by atoms with Crippen LogP contribution in [0.25, 0.3) is 0 Å². The van der Waals surface area contributed by atoms with Crippen molar-refractivity contribution in [3.8, 4) is 0 Å². The maximum Gasteiger partial charge on any atom is 0.315 e. The van der Waals surface area contributed by atoms with E-state index in [1.165, 1.54) is 0 Å². The Morgan fingerprint density at radius 3 is 2.92 bits per heavy atom. The van der Waals surface area contributed by atoms with Crippen LogP contribution in [0, 0.1) is 6.92 Å². The molecule has 1 aromatic carbocycles. The highest BCUT2D eigenvalue weighted by molar-refractivity contribution is 5.74. The van der Waals surface area contributed by atoms with Crippen LogP contribution in [0.5, 0.6) is 0 Å². The van der Waals surface area contributed by atoms with E-state index in [1.54, 1.807) is 12.4 Å². The Bertz CT molecular complexity index is 675. The summed E-state index contributed by atoms with van der Waals surface area (Å²) in [6.45, 7) is 3.13. The predicted octanol–water partition coefficient (Wildman–Crippen LogP) is 3.11. The lowest BCUT2D eigenvalue weighted by Gasteiger charge is -2.30. The number of aryl methyl sites for hydroxylation is 1. The molecule has 1 fully saturated rings. The quantitative estimate of drug-likeness (QED) is 0.908. The summed E-state index contributed by atoms with van der Waals surface area (Å²) >= 11 is 0. The first-order valence-electron chi connectivity index (χ1n) is 8.32. The van der Waals surface area contributed by atoms with Gasteiger partial charge in [0, 0.05) is 31.6 Å². The van der Waals surface area contributed by atoms with Crippen molar-refractivity contribution in [2.24, 2.45) is 0 Å². The number of carbonyl (C=O) groups excluding carboxylic acids is 1. The second kappa shape index (κ2) is 7.93. The Balaban J connectivity index is 1.49. The Hall–Kier alpha value is -2.40. The molecule has 5 nitrogen and oxygen atoms in total. The smallest absolute Gasteiger partial charge is 0.315 e. The number of nitrogens with zero attached hydrogens (tertiary/aromatic N) is 1. The number of benzene rings is 1. The first-order valence-corrected chi connectivity index (χ1v) is 8.32. The molecule has 0 radical (unpaired) electrons. The summed E-state index contributed by atoms with van der Waals surface area (Å²) in [5.74, 6) is 0. The maximum absolute atomic E-state index is 12.1. The third-order valence-electron chi connectivity index (χ3n) is 4.18. The second-order valence-corrected chi connectivity index (χ2v) is 6.19. The van der Waals surface area contributed by atoms with Gasteiger partial charge in [-0.15, -0.1) is 0 Å². The van der Waals surface area contributed by atoms with Gasteiger partial charge in [-0.1, -0.05) is 36.4 Å². The molecule has 0 aliphatic carbocycles. The topological polar surface area (TPSA) is 63.2 Å². The van der Waals surface area contributed by atoms with Gasteiger partial charge in [0.15, 0.2) is 0 Å². The molecule has 2 N–H and O–H groups in total. The molecule has 1 aliphatic heterocycles. The zero-order valence-electron chi connectivity index (χ0n) is 13.9. The summed E-state index contributed by atoms with van der Waals surface area (Å²) in [5.41, 5.74) is 3.25. The number of pyridine rings is 1. The molecule has 3 rings (SSSR count). The van der Waals surface area contributed by atoms with Gasteiger partial charge < -0.3 is 15.4 Å². The van der Waals surface area contributed by atoms with Gasteiger partial charge in [0.05, 0.1) is 6.10 Å². The van der Waals surface area contributed by atoms with E-state index in [9.17, 15) is 4.79 Å². The average Bonchev–Trinajstić information content (AvgIpc) is 2.61. The summed E-state index contributed by atoms with van der Waals surface area (Å²) in [6, 6.07) is 12.2. The Morgan fingerprint density at radius 2 is 2.12 bits per heavy atom. The van der Waals surface area contributed by atoms with Crippen LogP contribution in [-0.2, 0) is 11.3 Å². The van der Waals surface area contributed by atoms with Gasteiger partial charge in [0.2, 0.25) is 0 Å². The normalized spacial score (nSPS) is 20.4. The van der Waals surface area contributed by atoms with Gasteiger partial charge in [-0.2, -0.15) is 0 Å². The zero-order valence-corrected chi connectivity index (χ0v) is 13.9. The van der Waals surface area contributed by atoms with Crippen LogP contribution in [0.15, 0.2) is 48.8 Å².